The number of hydrogen-bond donors (Lipinski definition) is 2. The molecule has 3 N–H and O–H groups in total. The summed E-state index contributed by atoms with van der Waals surface area (Å²) in [7, 11) is 0. The van der Waals surface area contributed by atoms with Crippen LogP contribution in [0.2, 0.25) is 0 Å². The van der Waals surface area contributed by atoms with Gasteiger partial charge in [0.2, 0.25) is 5.91 Å². The third-order valence-electron chi connectivity index (χ3n) is 3.15. The van der Waals surface area contributed by atoms with Crippen LogP contribution in [0.3, 0.4) is 0 Å². The predicted molar refractivity (Wildman–Crippen MR) is 68.2 cm³/mol. The van der Waals surface area contributed by atoms with Gasteiger partial charge in [-0.25, -0.2) is 0 Å². The largest absolute Gasteiger partial charge is 0.374 e. The van der Waals surface area contributed by atoms with Crippen molar-refractivity contribution in [1.29, 1.82) is 0 Å². The summed E-state index contributed by atoms with van der Waals surface area (Å²) >= 11 is 0. The molecule has 2 fully saturated rings. The summed E-state index contributed by atoms with van der Waals surface area (Å²) in [6, 6.07) is 0.332. The Balaban J connectivity index is 0.00000144. The third kappa shape index (κ3) is 4.43. The van der Waals surface area contributed by atoms with Crippen molar-refractivity contribution in [1.82, 2.24) is 10.2 Å². The van der Waals surface area contributed by atoms with Crippen molar-refractivity contribution in [2.24, 2.45) is 5.73 Å². The lowest BCUT2D eigenvalue weighted by Gasteiger charge is -2.33. The first-order chi connectivity index (χ1) is 7.66. The molecule has 0 aromatic heterocycles. The van der Waals surface area contributed by atoms with E-state index in [1.54, 1.807) is 6.92 Å². The van der Waals surface area contributed by atoms with Crippen molar-refractivity contribution in [3.8, 4) is 0 Å². The van der Waals surface area contributed by atoms with Crippen LogP contribution < -0.4 is 11.1 Å². The molecule has 2 rings (SSSR count). The quantitative estimate of drug-likeness (QED) is 0.733. The van der Waals surface area contributed by atoms with Gasteiger partial charge < -0.3 is 15.8 Å². The highest BCUT2D eigenvalue weighted by molar-refractivity contribution is 5.85. The fourth-order valence-corrected chi connectivity index (χ4v) is 2.01. The topological polar surface area (TPSA) is 67.6 Å². The Bertz CT molecular complexity index is 259. The summed E-state index contributed by atoms with van der Waals surface area (Å²) in [6.45, 7) is 5.00. The van der Waals surface area contributed by atoms with Gasteiger partial charge in [0.15, 0.2) is 0 Å². The van der Waals surface area contributed by atoms with Crippen LogP contribution in [0.25, 0.3) is 0 Å². The highest BCUT2D eigenvalue weighted by Gasteiger charge is 2.32. The standard InChI is InChI=1S/C11H21N3O2.ClH/c1-8(12)11(15)13-6-10-7-14(4-5-16-10)9-2-3-9;/h8-10H,2-7,12H2,1H3,(H,13,15);1H. The van der Waals surface area contributed by atoms with Gasteiger partial charge in [-0.1, -0.05) is 0 Å². The van der Waals surface area contributed by atoms with Gasteiger partial charge >= 0.3 is 0 Å². The number of nitrogens with two attached hydrogens (primary N) is 1. The van der Waals surface area contributed by atoms with Crippen LogP contribution >= 0.6 is 12.4 Å². The molecule has 1 saturated carbocycles. The second kappa shape index (κ2) is 6.54. The highest BCUT2D eigenvalue weighted by atomic mass is 35.5. The van der Waals surface area contributed by atoms with Crippen molar-refractivity contribution in [3.63, 3.8) is 0 Å². The van der Waals surface area contributed by atoms with E-state index >= 15 is 0 Å². The van der Waals surface area contributed by atoms with E-state index in [2.05, 4.69) is 10.2 Å². The van der Waals surface area contributed by atoms with Gasteiger partial charge in [-0.05, 0) is 19.8 Å². The zero-order valence-electron chi connectivity index (χ0n) is 10.2. The van der Waals surface area contributed by atoms with Crippen molar-refractivity contribution in [2.75, 3.05) is 26.2 Å². The van der Waals surface area contributed by atoms with E-state index in [-0.39, 0.29) is 24.4 Å². The lowest BCUT2D eigenvalue weighted by Crippen LogP contribution is -2.50. The summed E-state index contributed by atoms with van der Waals surface area (Å²) in [5.74, 6) is -0.104. The number of amides is 1. The number of morpholine rings is 1. The number of carbonyl (C=O) groups excluding carboxylic acids is 1. The third-order valence-corrected chi connectivity index (χ3v) is 3.15. The number of nitrogens with one attached hydrogen (secondary N) is 1. The van der Waals surface area contributed by atoms with E-state index in [4.69, 9.17) is 10.5 Å². The Hall–Kier alpha value is -0.360. The van der Waals surface area contributed by atoms with Crippen LogP contribution in [0.1, 0.15) is 19.8 Å². The zero-order valence-corrected chi connectivity index (χ0v) is 11.0. The molecule has 2 unspecified atom stereocenters. The summed E-state index contributed by atoms with van der Waals surface area (Å²) in [5, 5.41) is 2.82. The van der Waals surface area contributed by atoms with E-state index < -0.39 is 6.04 Å². The second-order valence-corrected chi connectivity index (χ2v) is 4.75. The predicted octanol–water partition coefficient (Wildman–Crippen LogP) is -0.265. The molecular weight excluding hydrogens is 242 g/mol. The maximum atomic E-state index is 11.3. The molecular formula is C11H22ClN3O2. The Morgan fingerprint density at radius 3 is 2.88 bits per heavy atom. The number of ether oxygens (including phenoxy) is 1. The van der Waals surface area contributed by atoms with Gasteiger partial charge in [-0.15, -0.1) is 12.4 Å². The molecule has 17 heavy (non-hydrogen) atoms. The summed E-state index contributed by atoms with van der Waals surface area (Å²) < 4.78 is 5.62. The van der Waals surface area contributed by atoms with Crippen LogP contribution in [0.15, 0.2) is 0 Å². The first-order valence-corrected chi connectivity index (χ1v) is 6.06. The highest BCUT2D eigenvalue weighted by Crippen LogP contribution is 2.27. The number of nitrogens with zero attached hydrogens (tertiary/aromatic N) is 1. The van der Waals surface area contributed by atoms with Crippen molar-refractivity contribution in [2.45, 2.75) is 38.0 Å². The van der Waals surface area contributed by atoms with Crippen molar-refractivity contribution in [3.05, 3.63) is 0 Å². The average molecular weight is 264 g/mol. The van der Waals surface area contributed by atoms with Crippen LogP contribution in [-0.2, 0) is 9.53 Å². The molecule has 1 saturated heterocycles. The minimum absolute atomic E-state index is 0. The molecule has 1 aliphatic heterocycles. The Morgan fingerprint density at radius 1 is 1.59 bits per heavy atom. The van der Waals surface area contributed by atoms with Gasteiger partial charge in [-0.3, -0.25) is 9.69 Å². The molecule has 1 amide bonds. The molecule has 0 spiro atoms. The number of rotatable bonds is 4. The molecule has 6 heteroatoms. The van der Waals surface area contributed by atoms with Gasteiger partial charge in [0.25, 0.3) is 0 Å². The van der Waals surface area contributed by atoms with E-state index in [0.29, 0.717) is 6.54 Å². The summed E-state index contributed by atoms with van der Waals surface area (Å²) in [6.07, 6.45) is 2.76. The van der Waals surface area contributed by atoms with E-state index in [1.807, 2.05) is 0 Å². The monoisotopic (exact) mass is 263 g/mol. The van der Waals surface area contributed by atoms with Gasteiger partial charge in [0.05, 0.1) is 18.8 Å². The first kappa shape index (κ1) is 14.7. The Morgan fingerprint density at radius 2 is 2.29 bits per heavy atom. The Kier molecular flexibility index (Phi) is 5.66. The second-order valence-electron chi connectivity index (χ2n) is 4.75. The van der Waals surface area contributed by atoms with Crippen molar-refractivity contribution < 1.29 is 9.53 Å². The van der Waals surface area contributed by atoms with E-state index in [9.17, 15) is 4.79 Å². The molecule has 2 atom stereocenters. The molecule has 5 nitrogen and oxygen atoms in total. The average Bonchev–Trinajstić information content (AvgIpc) is 3.10. The Labute approximate surface area is 108 Å². The maximum absolute atomic E-state index is 11.3. The van der Waals surface area contributed by atoms with Crippen LogP contribution in [0, 0.1) is 0 Å². The molecule has 0 bridgehead atoms. The molecule has 0 radical (unpaired) electrons. The minimum Gasteiger partial charge on any atom is -0.374 e. The van der Waals surface area contributed by atoms with E-state index in [1.165, 1.54) is 12.8 Å². The maximum Gasteiger partial charge on any atom is 0.236 e. The molecule has 1 heterocycles. The van der Waals surface area contributed by atoms with Crippen molar-refractivity contribution >= 4 is 18.3 Å². The molecule has 1 aliphatic carbocycles. The van der Waals surface area contributed by atoms with Crippen LogP contribution in [-0.4, -0.2) is 55.2 Å². The zero-order chi connectivity index (χ0) is 11.5. The molecule has 100 valence electrons. The van der Waals surface area contributed by atoms with Gasteiger partial charge in [0.1, 0.15) is 0 Å². The van der Waals surface area contributed by atoms with Crippen LogP contribution in [0.5, 0.6) is 0 Å². The van der Waals surface area contributed by atoms with Gasteiger partial charge in [0, 0.05) is 25.7 Å². The van der Waals surface area contributed by atoms with E-state index in [0.717, 1.165) is 25.7 Å². The lowest BCUT2D eigenvalue weighted by molar-refractivity contribution is -0.123. The number of carbonyl (C=O) groups is 1. The fourth-order valence-electron chi connectivity index (χ4n) is 2.01. The smallest absolute Gasteiger partial charge is 0.236 e. The first-order valence-electron chi connectivity index (χ1n) is 6.06. The number of hydrogen-bond acceptors (Lipinski definition) is 4. The van der Waals surface area contributed by atoms with Gasteiger partial charge in [-0.2, -0.15) is 0 Å². The normalized spacial score (nSPS) is 27.1. The molecule has 2 aliphatic rings. The lowest BCUT2D eigenvalue weighted by atomic mass is 10.2. The molecule has 0 aromatic carbocycles. The molecule has 0 aromatic rings. The fraction of sp³-hybridized carbons (Fsp3) is 0.909. The summed E-state index contributed by atoms with van der Waals surface area (Å²) in [4.78, 5) is 13.8. The summed E-state index contributed by atoms with van der Waals surface area (Å²) in [5.41, 5.74) is 5.47. The number of halogens is 1. The van der Waals surface area contributed by atoms with Crippen LogP contribution in [0.4, 0.5) is 0 Å². The SMILES string of the molecule is CC(N)C(=O)NCC1CN(C2CC2)CCO1.Cl. The minimum atomic E-state index is -0.442.